The highest BCUT2D eigenvalue weighted by Gasteiger charge is 2.38. The lowest BCUT2D eigenvalue weighted by molar-refractivity contribution is 0.0799. The van der Waals surface area contributed by atoms with Crippen molar-refractivity contribution < 1.29 is 13.5 Å². The summed E-state index contributed by atoms with van der Waals surface area (Å²) in [6, 6.07) is 0. The van der Waals surface area contributed by atoms with Gasteiger partial charge in [-0.15, -0.1) is 0 Å². The number of aliphatic hydroxyl groups excluding tert-OH is 1. The molecule has 2 rings (SSSR count). The summed E-state index contributed by atoms with van der Waals surface area (Å²) in [7, 11) is -1.64. The Bertz CT molecular complexity index is 552. The van der Waals surface area contributed by atoms with Crippen LogP contribution >= 0.6 is 0 Å². The minimum atomic E-state index is -3.63. The standard InChI is InChI=1S/C11H20N4O3S/c1-11(2)8-15(5-4-14(11)3)19(17,18)10-9(7-16)6-12-13-10/h6,16H,4-5,7-8H2,1-3H3,(H,12,13). The Kier molecular flexibility index (Phi) is 3.69. The summed E-state index contributed by atoms with van der Waals surface area (Å²) in [6.07, 6.45) is 1.34. The van der Waals surface area contributed by atoms with Crippen molar-refractivity contribution in [3.05, 3.63) is 11.8 Å². The number of piperazine rings is 1. The zero-order valence-corrected chi connectivity index (χ0v) is 12.2. The number of hydrogen-bond donors (Lipinski definition) is 2. The van der Waals surface area contributed by atoms with Crippen LogP contribution in [0.5, 0.6) is 0 Å². The SMILES string of the molecule is CN1CCN(S(=O)(=O)c2[nH]ncc2CO)CC1(C)C. The molecule has 2 N–H and O–H groups in total. The third kappa shape index (κ3) is 2.53. The van der Waals surface area contributed by atoms with E-state index in [1.807, 2.05) is 20.9 Å². The molecule has 0 aliphatic carbocycles. The molecule has 1 saturated heterocycles. The van der Waals surface area contributed by atoms with E-state index in [4.69, 9.17) is 5.11 Å². The molecule has 1 aliphatic heterocycles. The predicted octanol–water partition coefficient (Wildman–Crippen LogP) is -0.383. The van der Waals surface area contributed by atoms with Crippen molar-refractivity contribution in [2.45, 2.75) is 31.0 Å². The molecule has 0 unspecified atom stereocenters. The number of H-pyrrole nitrogens is 1. The van der Waals surface area contributed by atoms with Gasteiger partial charge in [-0.05, 0) is 20.9 Å². The van der Waals surface area contributed by atoms with E-state index in [-0.39, 0.29) is 17.2 Å². The molecule has 108 valence electrons. The maximum atomic E-state index is 12.5. The van der Waals surface area contributed by atoms with Gasteiger partial charge in [-0.2, -0.15) is 9.40 Å². The minimum absolute atomic E-state index is 0.00430. The van der Waals surface area contributed by atoms with Gasteiger partial charge in [-0.1, -0.05) is 0 Å². The summed E-state index contributed by atoms with van der Waals surface area (Å²) in [4.78, 5) is 2.14. The molecular formula is C11H20N4O3S. The molecule has 19 heavy (non-hydrogen) atoms. The molecule has 2 heterocycles. The van der Waals surface area contributed by atoms with Crippen LogP contribution in [-0.2, 0) is 16.6 Å². The van der Waals surface area contributed by atoms with Gasteiger partial charge in [0.25, 0.3) is 10.0 Å². The molecule has 0 radical (unpaired) electrons. The van der Waals surface area contributed by atoms with Crippen molar-refractivity contribution in [2.75, 3.05) is 26.7 Å². The van der Waals surface area contributed by atoms with Crippen LogP contribution in [0.4, 0.5) is 0 Å². The second-order valence-corrected chi connectivity index (χ2v) is 7.33. The van der Waals surface area contributed by atoms with Crippen LogP contribution in [0.2, 0.25) is 0 Å². The lowest BCUT2D eigenvalue weighted by Gasteiger charge is -2.44. The largest absolute Gasteiger partial charge is 0.392 e. The zero-order chi connectivity index (χ0) is 14.3. The summed E-state index contributed by atoms with van der Waals surface area (Å²) < 4.78 is 26.5. The maximum absolute atomic E-state index is 12.5. The van der Waals surface area contributed by atoms with Crippen LogP contribution in [0.1, 0.15) is 19.4 Å². The van der Waals surface area contributed by atoms with Crippen LogP contribution < -0.4 is 0 Å². The van der Waals surface area contributed by atoms with Crippen LogP contribution in [0, 0.1) is 0 Å². The highest BCUT2D eigenvalue weighted by molar-refractivity contribution is 7.89. The van der Waals surface area contributed by atoms with Crippen molar-refractivity contribution in [3.63, 3.8) is 0 Å². The maximum Gasteiger partial charge on any atom is 0.260 e. The number of rotatable bonds is 3. The Morgan fingerprint density at radius 3 is 2.74 bits per heavy atom. The Balaban J connectivity index is 2.31. The van der Waals surface area contributed by atoms with E-state index in [2.05, 4.69) is 15.1 Å². The molecule has 7 nitrogen and oxygen atoms in total. The van der Waals surface area contributed by atoms with E-state index >= 15 is 0 Å². The fraction of sp³-hybridized carbons (Fsp3) is 0.727. The number of aliphatic hydroxyl groups is 1. The van der Waals surface area contributed by atoms with Crippen molar-refractivity contribution in [2.24, 2.45) is 0 Å². The summed E-state index contributed by atoms with van der Waals surface area (Å²) in [6.45, 7) is 5.20. The Morgan fingerprint density at radius 2 is 2.16 bits per heavy atom. The normalized spacial score (nSPS) is 21.7. The van der Waals surface area contributed by atoms with E-state index < -0.39 is 10.0 Å². The topological polar surface area (TPSA) is 89.5 Å². The Labute approximate surface area is 113 Å². The number of nitrogens with zero attached hydrogens (tertiary/aromatic N) is 3. The first-order valence-corrected chi connectivity index (χ1v) is 7.57. The molecule has 0 bridgehead atoms. The van der Waals surface area contributed by atoms with Crippen molar-refractivity contribution in [3.8, 4) is 0 Å². The second-order valence-electron chi connectivity index (χ2n) is 5.46. The van der Waals surface area contributed by atoms with Gasteiger partial charge in [0, 0.05) is 30.7 Å². The van der Waals surface area contributed by atoms with Gasteiger partial charge in [-0.25, -0.2) is 8.42 Å². The molecule has 0 atom stereocenters. The lowest BCUT2D eigenvalue weighted by atomic mass is 10.0. The smallest absolute Gasteiger partial charge is 0.260 e. The third-order valence-corrected chi connectivity index (χ3v) is 5.59. The first-order valence-electron chi connectivity index (χ1n) is 6.13. The van der Waals surface area contributed by atoms with Crippen molar-refractivity contribution >= 4 is 10.0 Å². The van der Waals surface area contributed by atoms with Crippen LogP contribution in [0.15, 0.2) is 11.2 Å². The van der Waals surface area contributed by atoms with Crippen molar-refractivity contribution in [1.82, 2.24) is 19.4 Å². The van der Waals surface area contributed by atoms with Gasteiger partial charge in [0.15, 0.2) is 5.03 Å². The van der Waals surface area contributed by atoms with Crippen LogP contribution in [0.25, 0.3) is 0 Å². The van der Waals surface area contributed by atoms with Gasteiger partial charge >= 0.3 is 0 Å². The summed E-state index contributed by atoms with van der Waals surface area (Å²) >= 11 is 0. The van der Waals surface area contributed by atoms with E-state index in [1.54, 1.807) is 0 Å². The van der Waals surface area contributed by atoms with E-state index in [0.29, 0.717) is 25.2 Å². The molecule has 1 fully saturated rings. The second kappa shape index (κ2) is 4.86. The minimum Gasteiger partial charge on any atom is -0.392 e. The van der Waals surface area contributed by atoms with Gasteiger partial charge in [0.1, 0.15) is 0 Å². The first-order chi connectivity index (χ1) is 8.79. The Hall–Kier alpha value is -0.960. The molecule has 1 aliphatic rings. The van der Waals surface area contributed by atoms with Crippen LogP contribution in [0.3, 0.4) is 0 Å². The van der Waals surface area contributed by atoms with Gasteiger partial charge in [0.05, 0.1) is 12.8 Å². The molecule has 0 aromatic carbocycles. The summed E-state index contributed by atoms with van der Waals surface area (Å²) in [5.74, 6) is 0. The fourth-order valence-corrected chi connectivity index (χ4v) is 3.85. The average Bonchev–Trinajstić information content (AvgIpc) is 2.81. The third-order valence-electron chi connectivity index (χ3n) is 3.73. The van der Waals surface area contributed by atoms with E-state index in [0.717, 1.165) is 0 Å². The van der Waals surface area contributed by atoms with Gasteiger partial charge < -0.3 is 5.11 Å². The van der Waals surface area contributed by atoms with Gasteiger partial charge in [0.2, 0.25) is 0 Å². The molecular weight excluding hydrogens is 268 g/mol. The van der Waals surface area contributed by atoms with Gasteiger partial charge in [-0.3, -0.25) is 10.00 Å². The quantitative estimate of drug-likeness (QED) is 0.791. The molecule has 1 aromatic rings. The average molecular weight is 288 g/mol. The monoisotopic (exact) mass is 288 g/mol. The molecule has 0 spiro atoms. The molecule has 0 saturated carbocycles. The number of aromatic nitrogens is 2. The molecule has 1 aromatic heterocycles. The number of aromatic amines is 1. The van der Waals surface area contributed by atoms with Crippen molar-refractivity contribution in [1.29, 1.82) is 0 Å². The number of likely N-dealkylation sites (N-methyl/N-ethyl adjacent to an activating group) is 1. The molecule has 0 amide bonds. The van der Waals surface area contributed by atoms with E-state index in [1.165, 1.54) is 10.5 Å². The van der Waals surface area contributed by atoms with Crippen LogP contribution in [-0.4, -0.2) is 65.1 Å². The first kappa shape index (κ1) is 14.4. The number of hydrogen-bond acceptors (Lipinski definition) is 5. The Morgan fingerprint density at radius 1 is 1.47 bits per heavy atom. The number of nitrogens with one attached hydrogen (secondary N) is 1. The summed E-state index contributed by atoms with van der Waals surface area (Å²) in [5.41, 5.74) is 0.0850. The highest BCUT2D eigenvalue weighted by atomic mass is 32.2. The molecule has 8 heteroatoms. The lowest BCUT2D eigenvalue weighted by Crippen LogP contribution is -2.58. The zero-order valence-electron chi connectivity index (χ0n) is 11.4. The van der Waals surface area contributed by atoms with E-state index in [9.17, 15) is 8.42 Å². The summed E-state index contributed by atoms with van der Waals surface area (Å²) in [5, 5.41) is 15.3. The fourth-order valence-electron chi connectivity index (χ4n) is 2.17. The number of sulfonamides is 1. The predicted molar refractivity (Wildman–Crippen MR) is 70.0 cm³/mol. The highest BCUT2D eigenvalue weighted by Crippen LogP contribution is 2.25.